The second-order valence-corrected chi connectivity index (χ2v) is 4.59. The SMILES string of the molecule is CCOc1cccc(-c2nc3scc(N)n3n2)c1. The van der Waals surface area contributed by atoms with E-state index in [1.807, 2.05) is 36.6 Å². The fourth-order valence-corrected chi connectivity index (χ4v) is 2.43. The highest BCUT2D eigenvalue weighted by molar-refractivity contribution is 7.15. The highest BCUT2D eigenvalue weighted by Crippen LogP contribution is 2.24. The molecule has 0 spiro atoms. The van der Waals surface area contributed by atoms with Crippen LogP contribution in [0.1, 0.15) is 6.92 Å². The number of hydrogen-bond acceptors (Lipinski definition) is 5. The monoisotopic (exact) mass is 260 g/mol. The van der Waals surface area contributed by atoms with Crippen molar-refractivity contribution in [2.75, 3.05) is 12.3 Å². The summed E-state index contributed by atoms with van der Waals surface area (Å²) >= 11 is 1.48. The van der Waals surface area contributed by atoms with Gasteiger partial charge in [-0.15, -0.1) is 16.4 Å². The number of hydrogen-bond donors (Lipinski definition) is 1. The minimum absolute atomic E-state index is 0.606. The lowest BCUT2D eigenvalue weighted by Gasteiger charge is -2.03. The first kappa shape index (κ1) is 11.0. The maximum absolute atomic E-state index is 5.79. The van der Waals surface area contributed by atoms with Crippen LogP contribution < -0.4 is 10.5 Å². The number of fused-ring (bicyclic) bond motifs is 1. The van der Waals surface area contributed by atoms with Crippen LogP contribution in [0.2, 0.25) is 0 Å². The van der Waals surface area contributed by atoms with Gasteiger partial charge in [-0.2, -0.15) is 9.50 Å². The van der Waals surface area contributed by atoms with Gasteiger partial charge >= 0.3 is 0 Å². The summed E-state index contributed by atoms with van der Waals surface area (Å²) in [5.41, 5.74) is 6.72. The zero-order valence-corrected chi connectivity index (χ0v) is 10.6. The molecule has 0 fully saturated rings. The average Bonchev–Trinajstić information content (AvgIpc) is 2.93. The van der Waals surface area contributed by atoms with E-state index in [1.54, 1.807) is 4.52 Å². The predicted molar refractivity (Wildman–Crippen MR) is 71.9 cm³/mol. The highest BCUT2D eigenvalue weighted by Gasteiger charge is 2.10. The van der Waals surface area contributed by atoms with Crippen LogP contribution in [0, 0.1) is 0 Å². The van der Waals surface area contributed by atoms with Crippen molar-refractivity contribution < 1.29 is 4.74 Å². The fourth-order valence-electron chi connectivity index (χ4n) is 1.72. The van der Waals surface area contributed by atoms with Crippen LogP contribution in [0.4, 0.5) is 5.82 Å². The number of rotatable bonds is 3. The second kappa shape index (κ2) is 4.30. The zero-order valence-electron chi connectivity index (χ0n) is 9.83. The number of anilines is 1. The van der Waals surface area contributed by atoms with Crippen LogP contribution in [0.3, 0.4) is 0 Å². The van der Waals surface area contributed by atoms with E-state index in [0.29, 0.717) is 18.2 Å². The maximum Gasteiger partial charge on any atom is 0.214 e. The standard InChI is InChI=1S/C12H12N4OS/c1-2-17-9-5-3-4-8(6-9)11-14-12-16(15-11)10(13)7-18-12/h3-7H,2,13H2,1H3. The van der Waals surface area contributed by atoms with Gasteiger partial charge in [0.1, 0.15) is 11.6 Å². The van der Waals surface area contributed by atoms with E-state index in [9.17, 15) is 0 Å². The van der Waals surface area contributed by atoms with E-state index in [1.165, 1.54) is 11.3 Å². The minimum Gasteiger partial charge on any atom is -0.494 e. The smallest absolute Gasteiger partial charge is 0.214 e. The molecule has 0 atom stereocenters. The molecule has 0 unspecified atom stereocenters. The molecule has 5 nitrogen and oxygen atoms in total. The Bertz CT molecular complexity index is 688. The normalized spacial score (nSPS) is 10.9. The van der Waals surface area contributed by atoms with Crippen molar-refractivity contribution >= 4 is 22.1 Å². The van der Waals surface area contributed by atoms with Crippen LogP contribution in [0.15, 0.2) is 29.6 Å². The highest BCUT2D eigenvalue weighted by atomic mass is 32.1. The van der Waals surface area contributed by atoms with E-state index in [0.717, 1.165) is 16.3 Å². The summed E-state index contributed by atoms with van der Waals surface area (Å²) in [5, 5.41) is 6.21. The number of nitrogens with zero attached hydrogens (tertiary/aromatic N) is 3. The van der Waals surface area contributed by atoms with Gasteiger partial charge in [0.15, 0.2) is 5.82 Å². The van der Waals surface area contributed by atoms with Crippen molar-refractivity contribution in [2.24, 2.45) is 0 Å². The van der Waals surface area contributed by atoms with Crippen LogP contribution in [-0.2, 0) is 0 Å². The number of ether oxygens (including phenoxy) is 1. The molecule has 2 aromatic heterocycles. The minimum atomic E-state index is 0.606. The summed E-state index contributed by atoms with van der Waals surface area (Å²) in [6.07, 6.45) is 0. The average molecular weight is 260 g/mol. The Morgan fingerprint density at radius 2 is 2.33 bits per heavy atom. The molecule has 3 aromatic rings. The Labute approximate surface area is 108 Å². The molecule has 3 rings (SSSR count). The number of nitrogens with two attached hydrogens (primary N) is 1. The molecule has 0 saturated carbocycles. The quantitative estimate of drug-likeness (QED) is 0.785. The van der Waals surface area contributed by atoms with Crippen LogP contribution in [-0.4, -0.2) is 21.2 Å². The summed E-state index contributed by atoms with van der Waals surface area (Å²) in [6, 6.07) is 7.73. The molecule has 6 heteroatoms. The summed E-state index contributed by atoms with van der Waals surface area (Å²) < 4.78 is 7.11. The van der Waals surface area contributed by atoms with Gasteiger partial charge in [0, 0.05) is 10.9 Å². The molecule has 18 heavy (non-hydrogen) atoms. The largest absolute Gasteiger partial charge is 0.494 e. The summed E-state index contributed by atoms with van der Waals surface area (Å²) in [4.78, 5) is 5.24. The fraction of sp³-hybridized carbons (Fsp3) is 0.167. The molecule has 0 aliphatic rings. The van der Waals surface area contributed by atoms with Gasteiger partial charge in [0.05, 0.1) is 6.61 Å². The van der Waals surface area contributed by atoms with E-state index < -0.39 is 0 Å². The van der Waals surface area contributed by atoms with Crippen LogP contribution in [0.25, 0.3) is 16.3 Å². The van der Waals surface area contributed by atoms with Crippen molar-refractivity contribution in [3.63, 3.8) is 0 Å². The third kappa shape index (κ3) is 1.80. The summed E-state index contributed by atoms with van der Waals surface area (Å²) in [5.74, 6) is 2.09. The summed E-state index contributed by atoms with van der Waals surface area (Å²) in [6.45, 7) is 2.60. The maximum atomic E-state index is 5.79. The molecule has 0 saturated heterocycles. The molecule has 0 aliphatic heterocycles. The van der Waals surface area contributed by atoms with Crippen molar-refractivity contribution in [3.8, 4) is 17.1 Å². The molecular weight excluding hydrogens is 248 g/mol. The third-order valence-corrected chi connectivity index (χ3v) is 3.34. The van der Waals surface area contributed by atoms with Crippen molar-refractivity contribution in [2.45, 2.75) is 6.92 Å². The Balaban J connectivity index is 2.05. The lowest BCUT2D eigenvalue weighted by Crippen LogP contribution is -1.93. The summed E-state index contributed by atoms with van der Waals surface area (Å²) in [7, 11) is 0. The van der Waals surface area contributed by atoms with Gasteiger partial charge in [-0.05, 0) is 19.1 Å². The Kier molecular flexibility index (Phi) is 2.64. The molecule has 0 radical (unpaired) electrons. The van der Waals surface area contributed by atoms with Gasteiger partial charge in [-0.3, -0.25) is 0 Å². The van der Waals surface area contributed by atoms with Crippen molar-refractivity contribution in [1.29, 1.82) is 0 Å². The van der Waals surface area contributed by atoms with E-state index >= 15 is 0 Å². The Morgan fingerprint density at radius 1 is 1.44 bits per heavy atom. The predicted octanol–water partition coefficient (Wildman–Crippen LogP) is 2.44. The van der Waals surface area contributed by atoms with E-state index in [-0.39, 0.29) is 0 Å². The van der Waals surface area contributed by atoms with Crippen molar-refractivity contribution in [1.82, 2.24) is 14.6 Å². The first-order valence-electron chi connectivity index (χ1n) is 5.61. The van der Waals surface area contributed by atoms with E-state index in [4.69, 9.17) is 10.5 Å². The van der Waals surface area contributed by atoms with Crippen molar-refractivity contribution in [3.05, 3.63) is 29.6 Å². The zero-order chi connectivity index (χ0) is 12.5. The Hall–Kier alpha value is -2.08. The molecule has 0 aliphatic carbocycles. The number of nitrogen functional groups attached to an aromatic ring is 1. The first-order valence-corrected chi connectivity index (χ1v) is 6.49. The number of benzene rings is 1. The first-order chi connectivity index (χ1) is 8.78. The second-order valence-electron chi connectivity index (χ2n) is 3.75. The molecule has 1 aromatic carbocycles. The molecule has 0 bridgehead atoms. The van der Waals surface area contributed by atoms with Gasteiger partial charge in [0.25, 0.3) is 0 Å². The lowest BCUT2D eigenvalue weighted by molar-refractivity contribution is 0.340. The van der Waals surface area contributed by atoms with Crippen LogP contribution >= 0.6 is 11.3 Å². The van der Waals surface area contributed by atoms with E-state index in [2.05, 4.69) is 10.1 Å². The van der Waals surface area contributed by atoms with Gasteiger partial charge in [0.2, 0.25) is 4.96 Å². The molecule has 2 N–H and O–H groups in total. The molecular formula is C12H12N4OS. The van der Waals surface area contributed by atoms with Gasteiger partial charge < -0.3 is 10.5 Å². The van der Waals surface area contributed by atoms with Crippen LogP contribution in [0.5, 0.6) is 5.75 Å². The number of aromatic nitrogens is 3. The van der Waals surface area contributed by atoms with Gasteiger partial charge in [-0.1, -0.05) is 12.1 Å². The topological polar surface area (TPSA) is 65.4 Å². The van der Waals surface area contributed by atoms with Gasteiger partial charge in [-0.25, -0.2) is 0 Å². The molecule has 0 amide bonds. The molecule has 2 heterocycles. The third-order valence-electron chi connectivity index (χ3n) is 2.51. The Morgan fingerprint density at radius 3 is 3.11 bits per heavy atom. The number of thiazole rings is 1. The lowest BCUT2D eigenvalue weighted by atomic mass is 10.2. The molecule has 92 valence electrons.